The molecule has 7 atom stereocenters. The molecule has 1 aromatic heterocycles. The summed E-state index contributed by atoms with van der Waals surface area (Å²) >= 11 is 0. The molecule has 0 amide bonds. The van der Waals surface area contributed by atoms with Gasteiger partial charge in [-0.25, -0.2) is 28.1 Å². The molecule has 34 heavy (non-hydrogen) atoms. The lowest BCUT2D eigenvalue weighted by Gasteiger charge is -2.40. The zero-order chi connectivity index (χ0) is 27.1. The zero-order valence-corrected chi connectivity index (χ0v) is 23.1. The van der Waals surface area contributed by atoms with Gasteiger partial charge in [0.05, 0.1) is 34.9 Å². The van der Waals surface area contributed by atoms with Gasteiger partial charge in [-0.2, -0.15) is 0 Å². The van der Waals surface area contributed by atoms with E-state index in [1.807, 2.05) is 13.8 Å². The molecule has 1 aromatic rings. The molecule has 0 aliphatic rings. The Morgan fingerprint density at radius 3 is 1.03 bits per heavy atom. The highest BCUT2D eigenvalue weighted by Gasteiger charge is 2.42. The maximum Gasteiger partial charge on any atom is 0.337 e. The van der Waals surface area contributed by atoms with Gasteiger partial charge in [0.25, 0.3) is 0 Å². The fourth-order valence-corrected chi connectivity index (χ4v) is 4.16. The monoisotopic (exact) mass is 485 g/mol. The van der Waals surface area contributed by atoms with Gasteiger partial charge in [0.1, 0.15) is 0 Å². The molecule has 9 nitrogen and oxygen atoms in total. The van der Waals surface area contributed by atoms with Gasteiger partial charge in [0.15, 0.2) is 0 Å². The van der Waals surface area contributed by atoms with Gasteiger partial charge in [-0.15, -0.1) is 0 Å². The van der Waals surface area contributed by atoms with Crippen LogP contribution in [0.1, 0.15) is 108 Å². The predicted molar refractivity (Wildman–Crippen MR) is 134 cm³/mol. The smallest absolute Gasteiger partial charge is 0.337 e. The molecule has 7 unspecified atom stereocenters. The van der Waals surface area contributed by atoms with Gasteiger partial charge < -0.3 is 15.3 Å². The quantitative estimate of drug-likeness (QED) is 0.467. The molecule has 0 aromatic carbocycles. The third kappa shape index (κ3) is 4.97. The second-order valence-electron chi connectivity index (χ2n) is 11.3. The SMILES string of the molecule is CCC(C)C(C)(O)C(C)n1c(=O)n(C(C)C(C)(O)C(C)C)c(=O)n(C(C)C(C)(O)C(C)C)c1=O. The van der Waals surface area contributed by atoms with Crippen LogP contribution in [0.25, 0.3) is 0 Å². The average molecular weight is 486 g/mol. The largest absolute Gasteiger partial charge is 0.388 e. The van der Waals surface area contributed by atoms with Crippen LogP contribution in [0.4, 0.5) is 0 Å². The molecule has 0 radical (unpaired) electrons. The fourth-order valence-electron chi connectivity index (χ4n) is 4.16. The molecule has 0 saturated heterocycles. The van der Waals surface area contributed by atoms with Crippen molar-refractivity contribution in [3.63, 3.8) is 0 Å². The lowest BCUT2D eigenvalue weighted by molar-refractivity contribution is -0.0526. The van der Waals surface area contributed by atoms with Gasteiger partial charge in [-0.1, -0.05) is 48.0 Å². The Hall–Kier alpha value is -1.71. The predicted octanol–water partition coefficient (Wildman–Crippen LogP) is 2.47. The minimum absolute atomic E-state index is 0.255. The zero-order valence-electron chi connectivity index (χ0n) is 23.1. The first kappa shape index (κ1) is 30.3. The Labute approximate surface area is 203 Å². The number of hydrogen-bond acceptors (Lipinski definition) is 6. The number of aromatic nitrogens is 3. The van der Waals surface area contributed by atoms with E-state index >= 15 is 0 Å². The van der Waals surface area contributed by atoms with Crippen molar-refractivity contribution in [1.82, 2.24) is 13.7 Å². The van der Waals surface area contributed by atoms with Crippen LogP contribution in [0.15, 0.2) is 14.4 Å². The highest BCUT2D eigenvalue weighted by atomic mass is 16.3. The second-order valence-corrected chi connectivity index (χ2v) is 11.3. The van der Waals surface area contributed by atoms with Crippen molar-refractivity contribution in [3.05, 3.63) is 31.5 Å². The number of rotatable bonds is 10. The van der Waals surface area contributed by atoms with Crippen molar-refractivity contribution in [2.75, 3.05) is 0 Å². The molecule has 0 saturated carbocycles. The summed E-state index contributed by atoms with van der Waals surface area (Å²) in [4.78, 5) is 41.1. The molecule has 0 bridgehead atoms. The van der Waals surface area contributed by atoms with E-state index in [2.05, 4.69) is 0 Å². The molecule has 198 valence electrons. The van der Waals surface area contributed by atoms with Crippen molar-refractivity contribution in [2.24, 2.45) is 17.8 Å². The first-order chi connectivity index (χ1) is 15.2. The van der Waals surface area contributed by atoms with Crippen LogP contribution in [-0.4, -0.2) is 45.8 Å². The van der Waals surface area contributed by atoms with Crippen molar-refractivity contribution < 1.29 is 15.3 Å². The van der Waals surface area contributed by atoms with Crippen LogP contribution in [0.2, 0.25) is 0 Å². The molecule has 1 rings (SSSR count). The van der Waals surface area contributed by atoms with E-state index in [1.54, 1.807) is 69.2 Å². The maximum absolute atomic E-state index is 13.7. The van der Waals surface area contributed by atoms with Crippen molar-refractivity contribution in [3.8, 4) is 0 Å². The average Bonchev–Trinajstić information content (AvgIpc) is 2.72. The highest BCUT2D eigenvalue weighted by Crippen LogP contribution is 2.32. The Balaban J connectivity index is 4.22. The molecular formula is C25H47N3O6. The first-order valence-electron chi connectivity index (χ1n) is 12.4. The van der Waals surface area contributed by atoms with Crippen LogP contribution in [0.3, 0.4) is 0 Å². The summed E-state index contributed by atoms with van der Waals surface area (Å²) in [5.41, 5.74) is -7.03. The Bertz CT molecular complexity index is 964. The van der Waals surface area contributed by atoms with E-state index in [1.165, 1.54) is 0 Å². The van der Waals surface area contributed by atoms with Gasteiger partial charge in [0, 0.05) is 0 Å². The number of hydrogen-bond donors (Lipinski definition) is 3. The van der Waals surface area contributed by atoms with Crippen LogP contribution in [0, 0.1) is 17.8 Å². The molecular weight excluding hydrogens is 438 g/mol. The third-order valence-corrected chi connectivity index (χ3v) is 8.88. The summed E-state index contributed by atoms with van der Waals surface area (Å²) in [6, 6.07) is -2.95. The molecule has 1 heterocycles. The summed E-state index contributed by atoms with van der Waals surface area (Å²) in [5, 5.41) is 33.5. The van der Waals surface area contributed by atoms with Crippen molar-refractivity contribution in [2.45, 2.75) is 124 Å². The maximum atomic E-state index is 13.7. The third-order valence-electron chi connectivity index (χ3n) is 8.88. The van der Waals surface area contributed by atoms with Crippen molar-refractivity contribution >= 4 is 0 Å². The lowest BCUT2D eigenvalue weighted by atomic mass is 9.83. The van der Waals surface area contributed by atoms with E-state index in [0.717, 1.165) is 13.7 Å². The van der Waals surface area contributed by atoms with Gasteiger partial charge in [0.2, 0.25) is 0 Å². The Kier molecular flexibility index (Phi) is 9.02. The normalized spacial score (nSPS) is 21.4. The van der Waals surface area contributed by atoms with Gasteiger partial charge >= 0.3 is 17.1 Å². The van der Waals surface area contributed by atoms with Crippen LogP contribution < -0.4 is 17.1 Å². The first-order valence-corrected chi connectivity index (χ1v) is 12.4. The summed E-state index contributed by atoms with van der Waals surface area (Å²) < 4.78 is 2.67. The molecule has 9 heteroatoms. The van der Waals surface area contributed by atoms with E-state index in [0.29, 0.717) is 6.42 Å². The number of aliphatic hydroxyl groups is 3. The Morgan fingerprint density at radius 1 is 0.588 bits per heavy atom. The Morgan fingerprint density at radius 2 is 0.824 bits per heavy atom. The summed E-state index contributed by atoms with van der Waals surface area (Å²) in [5.74, 6) is -0.867. The van der Waals surface area contributed by atoms with E-state index < -0.39 is 52.0 Å². The van der Waals surface area contributed by atoms with E-state index in [9.17, 15) is 29.7 Å². The molecule has 0 fully saturated rings. The van der Waals surface area contributed by atoms with Gasteiger partial charge in [-0.3, -0.25) is 0 Å². The minimum Gasteiger partial charge on any atom is -0.388 e. The lowest BCUT2D eigenvalue weighted by Crippen LogP contribution is -2.63. The van der Waals surface area contributed by atoms with Crippen LogP contribution >= 0.6 is 0 Å². The van der Waals surface area contributed by atoms with Crippen LogP contribution in [-0.2, 0) is 0 Å². The standard InChI is InChI=1S/C25H47N3O6/c1-13-16(6)25(12,34)19(9)28-21(30)26(17(7)23(10,32)14(2)3)20(29)27(22(28)31)18(8)24(11,33)15(4)5/h14-19,32-34H,13H2,1-12H3. The summed E-state index contributed by atoms with van der Waals surface area (Å²) in [7, 11) is 0. The molecule has 0 spiro atoms. The molecule has 0 aliphatic carbocycles. The second kappa shape index (κ2) is 10.1. The highest BCUT2D eigenvalue weighted by molar-refractivity contribution is 4.98. The summed E-state index contributed by atoms with van der Waals surface area (Å²) in [6.45, 7) is 20.2. The topological polar surface area (TPSA) is 127 Å². The summed E-state index contributed by atoms with van der Waals surface area (Å²) in [6.07, 6.45) is 0.608. The molecule has 3 N–H and O–H groups in total. The van der Waals surface area contributed by atoms with Gasteiger partial charge in [-0.05, 0) is 59.3 Å². The minimum atomic E-state index is -1.45. The van der Waals surface area contributed by atoms with Crippen LogP contribution in [0.5, 0.6) is 0 Å². The molecule has 0 aliphatic heterocycles. The van der Waals surface area contributed by atoms with E-state index in [-0.39, 0.29) is 17.8 Å². The van der Waals surface area contributed by atoms with Crippen molar-refractivity contribution in [1.29, 1.82) is 0 Å². The number of nitrogens with zero attached hydrogens (tertiary/aromatic N) is 3. The fraction of sp³-hybridized carbons (Fsp3) is 0.880. The van der Waals surface area contributed by atoms with E-state index in [4.69, 9.17) is 0 Å².